The Morgan fingerprint density at radius 2 is 2.04 bits per heavy atom. The van der Waals surface area contributed by atoms with Crippen molar-refractivity contribution < 1.29 is 4.79 Å². The minimum Gasteiger partial charge on any atom is -0.367 e. The highest BCUT2D eigenvalue weighted by atomic mass is 32.1. The zero-order chi connectivity index (χ0) is 17.6. The lowest BCUT2D eigenvalue weighted by Gasteiger charge is -2.13. The molecule has 0 aliphatic rings. The number of anilines is 1. The average molecular weight is 345 g/mol. The molecule has 0 radical (unpaired) electrons. The number of carbonyl (C=O) groups is 1. The molecule has 0 saturated carbocycles. The number of hydrogen-bond acceptors (Lipinski definition) is 6. The lowest BCUT2D eigenvalue weighted by atomic mass is 9.98. The highest BCUT2D eigenvalue weighted by Gasteiger charge is 2.17. The zero-order valence-corrected chi connectivity index (χ0v) is 15.3. The molecule has 0 aromatic carbocycles. The average Bonchev–Trinajstić information content (AvgIpc) is 3.00. The fourth-order valence-corrected chi connectivity index (χ4v) is 2.67. The van der Waals surface area contributed by atoms with Gasteiger partial charge in [-0.05, 0) is 25.1 Å². The van der Waals surface area contributed by atoms with E-state index in [4.69, 9.17) is 0 Å². The molecule has 2 aromatic rings. The van der Waals surface area contributed by atoms with E-state index in [0.717, 1.165) is 15.6 Å². The highest BCUT2D eigenvalue weighted by molar-refractivity contribution is 7.12. The first-order chi connectivity index (χ1) is 11.3. The van der Waals surface area contributed by atoms with Crippen molar-refractivity contribution in [1.29, 1.82) is 0 Å². The van der Waals surface area contributed by atoms with Gasteiger partial charge in [-0.15, -0.1) is 16.4 Å². The number of nitrogens with zero attached hydrogens (tertiary/aromatic N) is 3. The highest BCUT2D eigenvalue weighted by Crippen LogP contribution is 2.27. The summed E-state index contributed by atoms with van der Waals surface area (Å²) < 4.78 is 0. The summed E-state index contributed by atoms with van der Waals surface area (Å²) >= 11 is 1.60. The van der Waals surface area contributed by atoms with Crippen LogP contribution < -0.4 is 10.6 Å². The van der Waals surface area contributed by atoms with E-state index in [2.05, 4.69) is 46.6 Å². The van der Waals surface area contributed by atoms with E-state index in [0.29, 0.717) is 18.9 Å². The minimum absolute atomic E-state index is 0.0313. The third kappa shape index (κ3) is 5.73. The second-order valence-electron chi connectivity index (χ2n) is 6.43. The molecule has 0 saturated heterocycles. The Kier molecular flexibility index (Phi) is 6.03. The molecule has 0 unspecified atom stereocenters. The van der Waals surface area contributed by atoms with Crippen molar-refractivity contribution in [3.8, 4) is 0 Å². The summed E-state index contributed by atoms with van der Waals surface area (Å²) in [6.45, 7) is 9.35. The molecule has 128 valence electrons. The first-order valence-electron chi connectivity index (χ1n) is 7.81. The predicted octanol–water partition coefficient (Wildman–Crippen LogP) is 2.78. The summed E-state index contributed by atoms with van der Waals surface area (Å²) in [5.41, 5.74) is 0.903. The maximum absolute atomic E-state index is 11.8. The van der Waals surface area contributed by atoms with Gasteiger partial charge in [0.2, 0.25) is 5.91 Å². The fourth-order valence-electron chi connectivity index (χ4n) is 1.80. The molecule has 2 N–H and O–H groups in total. The molecule has 1 amide bonds. The number of aromatic nitrogens is 3. The Balaban J connectivity index is 1.73. The van der Waals surface area contributed by atoms with Gasteiger partial charge >= 0.3 is 0 Å². The maximum atomic E-state index is 11.8. The largest absolute Gasteiger partial charge is 0.367 e. The van der Waals surface area contributed by atoms with Crippen LogP contribution in [0.1, 0.15) is 36.3 Å². The number of carbonyl (C=O) groups excluding carboxylic acids is 1. The van der Waals surface area contributed by atoms with E-state index in [-0.39, 0.29) is 11.3 Å². The van der Waals surface area contributed by atoms with Gasteiger partial charge < -0.3 is 10.6 Å². The second kappa shape index (κ2) is 8.01. The fraction of sp³-hybridized carbons (Fsp3) is 0.412. The Hall–Kier alpha value is -2.28. The van der Waals surface area contributed by atoms with Gasteiger partial charge in [-0.3, -0.25) is 4.79 Å². The van der Waals surface area contributed by atoms with Crippen LogP contribution >= 0.6 is 11.3 Å². The van der Waals surface area contributed by atoms with Gasteiger partial charge in [0.25, 0.3) is 0 Å². The summed E-state index contributed by atoms with van der Waals surface area (Å²) in [4.78, 5) is 17.2. The quantitative estimate of drug-likeness (QED) is 0.622. The topological polar surface area (TPSA) is 79.8 Å². The smallest absolute Gasteiger partial charge is 0.244 e. The van der Waals surface area contributed by atoms with Crippen molar-refractivity contribution >= 4 is 29.1 Å². The second-order valence-corrected chi connectivity index (χ2v) is 7.49. The molecule has 0 aliphatic heterocycles. The number of rotatable bonds is 6. The van der Waals surface area contributed by atoms with E-state index >= 15 is 0 Å². The first kappa shape index (κ1) is 18.1. The van der Waals surface area contributed by atoms with Crippen LogP contribution in [0.15, 0.2) is 24.4 Å². The molecule has 0 bridgehead atoms. The van der Waals surface area contributed by atoms with Gasteiger partial charge in [-0.25, -0.2) is 4.98 Å². The van der Waals surface area contributed by atoms with Crippen LogP contribution in [0.3, 0.4) is 0 Å². The lowest BCUT2D eigenvalue weighted by Crippen LogP contribution is -2.27. The van der Waals surface area contributed by atoms with E-state index in [9.17, 15) is 4.79 Å². The number of aryl methyl sites for hydroxylation is 1. The molecular weight excluding hydrogens is 322 g/mol. The Labute approximate surface area is 146 Å². The van der Waals surface area contributed by atoms with Crippen LogP contribution in [0.4, 0.5) is 5.82 Å². The van der Waals surface area contributed by atoms with Crippen LogP contribution in [0.2, 0.25) is 0 Å². The summed E-state index contributed by atoms with van der Waals surface area (Å²) in [6.07, 6.45) is 5.12. The van der Waals surface area contributed by atoms with E-state index in [1.54, 1.807) is 23.6 Å². The number of thiazole rings is 1. The molecule has 0 spiro atoms. The van der Waals surface area contributed by atoms with Crippen molar-refractivity contribution in [2.45, 2.75) is 33.1 Å². The van der Waals surface area contributed by atoms with E-state index in [1.165, 1.54) is 6.08 Å². The molecule has 0 fully saturated rings. The molecule has 6 nitrogen and oxygen atoms in total. The maximum Gasteiger partial charge on any atom is 0.244 e. The number of hydrogen-bond donors (Lipinski definition) is 2. The van der Waals surface area contributed by atoms with E-state index < -0.39 is 0 Å². The van der Waals surface area contributed by atoms with Crippen molar-refractivity contribution in [3.05, 3.63) is 40.0 Å². The Morgan fingerprint density at radius 1 is 1.25 bits per heavy atom. The zero-order valence-electron chi connectivity index (χ0n) is 14.5. The predicted molar refractivity (Wildman–Crippen MR) is 98.1 cm³/mol. The monoisotopic (exact) mass is 345 g/mol. The standard InChI is InChI=1S/C17H23N5OS/c1-12-5-7-14(22-21-12)18-9-10-19-15(23)8-6-13-11-20-16(24-13)17(2,3)4/h5-8,11H,9-10H2,1-4H3,(H,18,22)(H,19,23). The molecule has 7 heteroatoms. The van der Waals surface area contributed by atoms with Crippen molar-refractivity contribution in [3.63, 3.8) is 0 Å². The summed E-state index contributed by atoms with van der Waals surface area (Å²) in [5.74, 6) is 0.572. The van der Waals surface area contributed by atoms with Crippen molar-refractivity contribution in [1.82, 2.24) is 20.5 Å². The van der Waals surface area contributed by atoms with Gasteiger partial charge in [0.1, 0.15) is 5.82 Å². The molecule has 24 heavy (non-hydrogen) atoms. The van der Waals surface area contributed by atoms with Crippen LogP contribution in [0.25, 0.3) is 6.08 Å². The van der Waals surface area contributed by atoms with Gasteiger partial charge in [-0.2, -0.15) is 5.10 Å². The van der Waals surface area contributed by atoms with Gasteiger partial charge in [0, 0.05) is 35.7 Å². The Bertz CT molecular complexity index is 701. The molecule has 0 atom stereocenters. The molecular formula is C17H23N5OS. The summed E-state index contributed by atoms with van der Waals surface area (Å²) in [7, 11) is 0. The SMILES string of the molecule is Cc1ccc(NCCNC(=O)C=Cc2cnc(C(C)(C)C)s2)nn1. The van der Waals surface area contributed by atoms with Crippen molar-refractivity contribution in [2.75, 3.05) is 18.4 Å². The van der Waals surface area contributed by atoms with Crippen LogP contribution in [0.5, 0.6) is 0 Å². The third-order valence-corrected chi connectivity index (χ3v) is 4.48. The number of nitrogens with one attached hydrogen (secondary N) is 2. The van der Waals surface area contributed by atoms with Crippen molar-refractivity contribution in [2.24, 2.45) is 0 Å². The first-order valence-corrected chi connectivity index (χ1v) is 8.63. The number of amides is 1. The molecule has 2 heterocycles. The van der Waals surface area contributed by atoms with Crippen LogP contribution in [-0.2, 0) is 10.2 Å². The molecule has 2 rings (SSSR count). The van der Waals surface area contributed by atoms with E-state index in [1.807, 2.05) is 19.1 Å². The minimum atomic E-state index is -0.127. The van der Waals surface area contributed by atoms with Gasteiger partial charge in [0.05, 0.1) is 10.7 Å². The lowest BCUT2D eigenvalue weighted by molar-refractivity contribution is -0.116. The third-order valence-electron chi connectivity index (χ3n) is 3.09. The van der Waals surface area contributed by atoms with Gasteiger partial charge in [0.15, 0.2) is 0 Å². The molecule has 2 aromatic heterocycles. The van der Waals surface area contributed by atoms with Crippen LogP contribution in [-0.4, -0.2) is 34.2 Å². The summed E-state index contributed by atoms with van der Waals surface area (Å²) in [5, 5.41) is 14.9. The van der Waals surface area contributed by atoms with Crippen LogP contribution in [0, 0.1) is 6.92 Å². The van der Waals surface area contributed by atoms with Gasteiger partial charge in [-0.1, -0.05) is 20.8 Å². The summed E-state index contributed by atoms with van der Waals surface area (Å²) in [6, 6.07) is 3.75. The Morgan fingerprint density at radius 3 is 2.67 bits per heavy atom. The normalized spacial score (nSPS) is 11.7. The molecule has 0 aliphatic carbocycles.